The lowest BCUT2D eigenvalue weighted by molar-refractivity contribution is -0.384. The average Bonchev–Trinajstić information content (AvgIpc) is 2.75. The second-order valence-corrected chi connectivity index (χ2v) is 6.98. The maximum Gasteiger partial charge on any atom is 0.269 e. The molecular formula is C20H24N4O4S. The number of nitro benzene ring substituents is 1. The van der Waals surface area contributed by atoms with Gasteiger partial charge in [0.1, 0.15) is 5.75 Å². The molecule has 0 aromatic heterocycles. The van der Waals surface area contributed by atoms with E-state index in [1.54, 1.807) is 19.2 Å². The minimum absolute atomic E-state index is 0.0429. The van der Waals surface area contributed by atoms with Crippen LogP contribution < -0.4 is 15.4 Å². The summed E-state index contributed by atoms with van der Waals surface area (Å²) >= 11 is 5.41. The lowest BCUT2D eigenvalue weighted by Gasteiger charge is -2.35. The van der Waals surface area contributed by atoms with E-state index in [-0.39, 0.29) is 11.7 Å². The summed E-state index contributed by atoms with van der Waals surface area (Å²) in [6, 6.07) is 14.3. The molecule has 0 unspecified atom stereocenters. The number of morpholine rings is 1. The van der Waals surface area contributed by atoms with Crippen molar-refractivity contribution in [2.45, 2.75) is 6.04 Å². The molecule has 2 aromatic rings. The van der Waals surface area contributed by atoms with Gasteiger partial charge in [0.15, 0.2) is 5.11 Å². The first kappa shape index (κ1) is 21.0. The van der Waals surface area contributed by atoms with Crippen molar-refractivity contribution in [2.24, 2.45) is 0 Å². The summed E-state index contributed by atoms with van der Waals surface area (Å²) in [7, 11) is 1.65. The van der Waals surface area contributed by atoms with Crippen LogP contribution in [-0.4, -0.2) is 54.9 Å². The third-order valence-electron chi connectivity index (χ3n) is 4.78. The third-order valence-corrected chi connectivity index (χ3v) is 5.03. The van der Waals surface area contributed by atoms with Gasteiger partial charge in [0.05, 0.1) is 31.3 Å². The van der Waals surface area contributed by atoms with E-state index in [2.05, 4.69) is 27.7 Å². The van der Waals surface area contributed by atoms with Crippen molar-refractivity contribution >= 4 is 28.7 Å². The molecule has 29 heavy (non-hydrogen) atoms. The second kappa shape index (κ2) is 10.1. The number of benzene rings is 2. The van der Waals surface area contributed by atoms with Crippen LogP contribution in [0.5, 0.6) is 5.75 Å². The highest BCUT2D eigenvalue weighted by Crippen LogP contribution is 2.24. The van der Waals surface area contributed by atoms with Gasteiger partial charge in [0, 0.05) is 37.5 Å². The van der Waals surface area contributed by atoms with Crippen molar-refractivity contribution in [3.8, 4) is 5.75 Å². The van der Waals surface area contributed by atoms with Crippen LogP contribution in [0.15, 0.2) is 48.5 Å². The molecule has 2 N–H and O–H groups in total. The molecule has 0 amide bonds. The van der Waals surface area contributed by atoms with Gasteiger partial charge in [0.2, 0.25) is 0 Å². The van der Waals surface area contributed by atoms with Gasteiger partial charge in [0.25, 0.3) is 5.69 Å². The van der Waals surface area contributed by atoms with Crippen LogP contribution in [-0.2, 0) is 4.74 Å². The van der Waals surface area contributed by atoms with Crippen molar-refractivity contribution in [1.82, 2.24) is 10.2 Å². The summed E-state index contributed by atoms with van der Waals surface area (Å²) in [5.41, 5.74) is 1.90. The molecule has 1 saturated heterocycles. The van der Waals surface area contributed by atoms with Crippen LogP contribution in [0.2, 0.25) is 0 Å². The molecular weight excluding hydrogens is 392 g/mol. The Morgan fingerprint density at radius 3 is 2.45 bits per heavy atom. The Labute approximate surface area is 175 Å². The zero-order valence-corrected chi connectivity index (χ0v) is 17.0. The molecule has 9 heteroatoms. The molecule has 0 bridgehead atoms. The van der Waals surface area contributed by atoms with Gasteiger partial charge in [-0.1, -0.05) is 12.1 Å². The molecule has 2 aromatic carbocycles. The number of nitrogens with one attached hydrogen (secondary N) is 2. The fraction of sp³-hybridized carbons (Fsp3) is 0.350. The number of methoxy groups -OCH3 is 1. The van der Waals surface area contributed by atoms with E-state index < -0.39 is 4.92 Å². The van der Waals surface area contributed by atoms with Crippen LogP contribution in [0, 0.1) is 10.1 Å². The second-order valence-electron chi connectivity index (χ2n) is 6.58. The van der Waals surface area contributed by atoms with Crippen molar-refractivity contribution in [1.29, 1.82) is 0 Å². The standard InChI is InChI=1S/C20H24N4O4S/c1-27-18-8-2-15(3-9-18)19(23-10-12-28-13-11-23)14-21-20(29)22-16-4-6-17(7-5-16)24(25)26/h2-9,19H,10-14H2,1H3,(H2,21,22,29)/t19-/m0/s1. The monoisotopic (exact) mass is 416 g/mol. The highest BCUT2D eigenvalue weighted by molar-refractivity contribution is 7.80. The molecule has 1 aliphatic heterocycles. The van der Waals surface area contributed by atoms with E-state index in [1.807, 2.05) is 12.1 Å². The van der Waals surface area contributed by atoms with E-state index >= 15 is 0 Å². The van der Waals surface area contributed by atoms with Crippen LogP contribution in [0.3, 0.4) is 0 Å². The Morgan fingerprint density at radius 2 is 1.86 bits per heavy atom. The number of hydrogen-bond acceptors (Lipinski definition) is 6. The predicted molar refractivity (Wildman–Crippen MR) is 115 cm³/mol. The number of rotatable bonds is 7. The van der Waals surface area contributed by atoms with Gasteiger partial charge in [-0.15, -0.1) is 0 Å². The smallest absolute Gasteiger partial charge is 0.269 e. The van der Waals surface area contributed by atoms with Gasteiger partial charge in [-0.25, -0.2) is 0 Å². The number of ether oxygens (including phenoxy) is 2. The number of non-ortho nitro benzene ring substituents is 1. The minimum Gasteiger partial charge on any atom is -0.497 e. The molecule has 1 heterocycles. The highest BCUT2D eigenvalue weighted by Gasteiger charge is 2.23. The van der Waals surface area contributed by atoms with Crippen molar-refractivity contribution in [3.63, 3.8) is 0 Å². The fourth-order valence-electron chi connectivity index (χ4n) is 3.20. The van der Waals surface area contributed by atoms with Crippen molar-refractivity contribution in [2.75, 3.05) is 45.3 Å². The van der Waals surface area contributed by atoms with Crippen molar-refractivity contribution < 1.29 is 14.4 Å². The summed E-state index contributed by atoms with van der Waals surface area (Å²) in [5.74, 6) is 0.817. The first-order valence-corrected chi connectivity index (χ1v) is 9.72. The number of anilines is 1. The lowest BCUT2D eigenvalue weighted by atomic mass is 10.0. The Morgan fingerprint density at radius 1 is 1.21 bits per heavy atom. The Kier molecular flexibility index (Phi) is 7.34. The van der Waals surface area contributed by atoms with Gasteiger partial charge in [-0.3, -0.25) is 15.0 Å². The number of nitro groups is 1. The van der Waals surface area contributed by atoms with Gasteiger partial charge in [-0.05, 0) is 42.0 Å². The first-order valence-electron chi connectivity index (χ1n) is 9.32. The number of hydrogen-bond donors (Lipinski definition) is 2. The van der Waals surface area contributed by atoms with Crippen LogP contribution in [0.1, 0.15) is 11.6 Å². The zero-order valence-electron chi connectivity index (χ0n) is 16.2. The molecule has 1 aliphatic rings. The largest absolute Gasteiger partial charge is 0.497 e. The van der Waals surface area contributed by atoms with Crippen LogP contribution >= 0.6 is 12.2 Å². The number of thiocarbonyl (C=S) groups is 1. The lowest BCUT2D eigenvalue weighted by Crippen LogP contribution is -2.44. The minimum atomic E-state index is -0.428. The maximum absolute atomic E-state index is 10.8. The quantitative estimate of drug-likeness (QED) is 0.405. The summed E-state index contributed by atoms with van der Waals surface area (Å²) < 4.78 is 10.7. The van der Waals surface area contributed by atoms with Gasteiger partial charge < -0.3 is 20.1 Å². The summed E-state index contributed by atoms with van der Waals surface area (Å²) in [5, 5.41) is 17.6. The zero-order chi connectivity index (χ0) is 20.6. The van der Waals surface area contributed by atoms with Crippen molar-refractivity contribution in [3.05, 3.63) is 64.2 Å². The molecule has 0 spiro atoms. The molecule has 154 valence electrons. The van der Waals surface area contributed by atoms with E-state index in [0.29, 0.717) is 30.6 Å². The van der Waals surface area contributed by atoms with Crippen LogP contribution in [0.4, 0.5) is 11.4 Å². The predicted octanol–water partition coefficient (Wildman–Crippen LogP) is 2.96. The Balaban J connectivity index is 1.63. The summed E-state index contributed by atoms with van der Waals surface area (Å²) in [6.07, 6.45) is 0. The van der Waals surface area contributed by atoms with E-state index in [1.165, 1.54) is 17.7 Å². The Bertz CT molecular complexity index is 823. The molecule has 3 rings (SSSR count). The molecule has 0 saturated carbocycles. The highest BCUT2D eigenvalue weighted by atomic mass is 32.1. The molecule has 8 nitrogen and oxygen atoms in total. The average molecular weight is 417 g/mol. The number of nitrogens with zero attached hydrogens (tertiary/aromatic N) is 2. The van der Waals surface area contributed by atoms with Crippen LogP contribution in [0.25, 0.3) is 0 Å². The molecule has 0 aliphatic carbocycles. The third kappa shape index (κ3) is 5.86. The van der Waals surface area contributed by atoms with Gasteiger partial charge >= 0.3 is 0 Å². The fourth-order valence-corrected chi connectivity index (χ4v) is 3.41. The molecule has 1 atom stereocenters. The Hall–Kier alpha value is -2.75. The summed E-state index contributed by atoms with van der Waals surface area (Å²) in [4.78, 5) is 12.7. The van der Waals surface area contributed by atoms with E-state index in [9.17, 15) is 10.1 Å². The normalized spacial score (nSPS) is 15.3. The summed E-state index contributed by atoms with van der Waals surface area (Å²) in [6.45, 7) is 3.73. The maximum atomic E-state index is 10.8. The first-order chi connectivity index (χ1) is 14.1. The molecule has 0 radical (unpaired) electrons. The van der Waals surface area contributed by atoms with E-state index in [4.69, 9.17) is 21.7 Å². The SMILES string of the molecule is COc1ccc([C@H](CNC(=S)Nc2ccc([N+](=O)[O-])cc2)N2CCOCC2)cc1. The van der Waals surface area contributed by atoms with E-state index in [0.717, 1.165) is 18.8 Å². The topological polar surface area (TPSA) is 88.9 Å². The molecule has 1 fully saturated rings. The van der Waals surface area contributed by atoms with Gasteiger partial charge in [-0.2, -0.15) is 0 Å².